The normalized spacial score (nSPS) is 17.7. The molecule has 1 heterocycles. The summed E-state index contributed by atoms with van der Waals surface area (Å²) in [5.74, 6) is -0.452. The van der Waals surface area contributed by atoms with E-state index in [9.17, 15) is 9.59 Å². The Hall–Kier alpha value is -1.10. The number of likely N-dealkylation sites (tertiary alicyclic amines) is 1. The molecule has 0 spiro atoms. The number of aliphatic hydroxyl groups excluding tert-OH is 1. The average molecular weight is 214 g/mol. The van der Waals surface area contributed by atoms with Crippen LogP contribution in [0, 0.1) is 0 Å². The second-order valence-corrected chi connectivity index (χ2v) is 3.87. The molecule has 15 heavy (non-hydrogen) atoms. The van der Waals surface area contributed by atoms with Gasteiger partial charge in [0.1, 0.15) is 12.6 Å². The zero-order chi connectivity index (χ0) is 11.4. The molecule has 0 aliphatic carbocycles. The lowest BCUT2D eigenvalue weighted by atomic mass is 10.2. The highest BCUT2D eigenvalue weighted by Crippen LogP contribution is 2.11. The van der Waals surface area contributed by atoms with E-state index in [-0.39, 0.29) is 5.91 Å². The molecular weight excluding hydrogens is 196 g/mol. The Kier molecular flexibility index (Phi) is 4.08. The Labute approximate surface area is 89.7 Å². The van der Waals surface area contributed by atoms with Gasteiger partial charge < -0.3 is 14.9 Å². The predicted octanol–water partition coefficient (Wildman–Crippen LogP) is -0.552. The fourth-order valence-corrected chi connectivity index (χ4v) is 1.69. The van der Waals surface area contributed by atoms with Crippen molar-refractivity contribution in [2.24, 2.45) is 0 Å². The second kappa shape index (κ2) is 5.11. The molecule has 0 aromatic carbocycles. The molecule has 0 aromatic heterocycles. The van der Waals surface area contributed by atoms with Crippen LogP contribution in [0.25, 0.3) is 0 Å². The minimum absolute atomic E-state index is 0.0307. The average Bonchev–Trinajstić information content (AvgIpc) is 2.78. The first-order chi connectivity index (χ1) is 7.07. The van der Waals surface area contributed by atoms with Crippen molar-refractivity contribution in [2.75, 3.05) is 26.7 Å². The van der Waals surface area contributed by atoms with Gasteiger partial charge in [0.05, 0.1) is 0 Å². The molecule has 1 aliphatic rings. The molecule has 0 radical (unpaired) electrons. The van der Waals surface area contributed by atoms with Gasteiger partial charge in [0.25, 0.3) is 0 Å². The molecule has 5 heteroatoms. The van der Waals surface area contributed by atoms with E-state index in [4.69, 9.17) is 5.11 Å². The van der Waals surface area contributed by atoms with E-state index in [1.807, 2.05) is 0 Å². The van der Waals surface area contributed by atoms with Gasteiger partial charge in [-0.25, -0.2) is 0 Å². The first-order valence-corrected chi connectivity index (χ1v) is 5.23. The van der Waals surface area contributed by atoms with Gasteiger partial charge in [-0.1, -0.05) is 0 Å². The third-order valence-electron chi connectivity index (χ3n) is 2.88. The number of hydrogen-bond acceptors (Lipinski definition) is 3. The molecular formula is C10H18N2O3. The summed E-state index contributed by atoms with van der Waals surface area (Å²) < 4.78 is 0. The molecule has 0 saturated carbocycles. The van der Waals surface area contributed by atoms with Gasteiger partial charge in [-0.05, 0) is 19.8 Å². The van der Waals surface area contributed by atoms with Gasteiger partial charge in [-0.3, -0.25) is 9.59 Å². The van der Waals surface area contributed by atoms with Gasteiger partial charge in [0.2, 0.25) is 11.8 Å². The minimum atomic E-state index is -0.548. The summed E-state index contributed by atoms with van der Waals surface area (Å²) in [6.07, 6.45) is 2.08. The number of rotatable bonds is 3. The molecule has 0 bridgehead atoms. The van der Waals surface area contributed by atoms with E-state index in [1.165, 1.54) is 11.9 Å². The lowest BCUT2D eigenvalue weighted by Gasteiger charge is -2.27. The van der Waals surface area contributed by atoms with E-state index < -0.39 is 18.6 Å². The van der Waals surface area contributed by atoms with E-state index in [0.29, 0.717) is 0 Å². The Morgan fingerprint density at radius 1 is 1.40 bits per heavy atom. The zero-order valence-corrected chi connectivity index (χ0v) is 9.27. The summed E-state index contributed by atoms with van der Waals surface area (Å²) >= 11 is 0. The summed E-state index contributed by atoms with van der Waals surface area (Å²) in [5.41, 5.74) is 0. The first-order valence-electron chi connectivity index (χ1n) is 5.23. The topological polar surface area (TPSA) is 60.9 Å². The quantitative estimate of drug-likeness (QED) is 0.685. The zero-order valence-electron chi connectivity index (χ0n) is 9.27. The van der Waals surface area contributed by atoms with Crippen molar-refractivity contribution in [1.29, 1.82) is 0 Å². The fourth-order valence-electron chi connectivity index (χ4n) is 1.69. The van der Waals surface area contributed by atoms with Crippen molar-refractivity contribution in [1.82, 2.24) is 9.80 Å². The molecule has 0 unspecified atom stereocenters. The third-order valence-corrected chi connectivity index (χ3v) is 2.88. The molecule has 86 valence electrons. The van der Waals surface area contributed by atoms with Crippen LogP contribution in [0.1, 0.15) is 19.8 Å². The SMILES string of the molecule is C[C@@H](C(=O)N1CCCC1)N(C)C(=O)CO. The number of carbonyl (C=O) groups excluding carboxylic acids is 2. The van der Waals surface area contributed by atoms with E-state index in [1.54, 1.807) is 11.8 Å². The van der Waals surface area contributed by atoms with Crippen LogP contribution in [-0.4, -0.2) is 59.5 Å². The van der Waals surface area contributed by atoms with Crippen molar-refractivity contribution < 1.29 is 14.7 Å². The molecule has 0 aromatic rings. The molecule has 1 saturated heterocycles. The van der Waals surface area contributed by atoms with Crippen LogP contribution >= 0.6 is 0 Å². The summed E-state index contributed by atoms with van der Waals surface area (Å²) in [7, 11) is 1.54. The minimum Gasteiger partial charge on any atom is -0.387 e. The standard InChI is InChI=1S/C10H18N2O3/c1-8(11(2)9(14)7-13)10(15)12-5-3-4-6-12/h8,13H,3-7H2,1-2H3/t8-/m0/s1. The van der Waals surface area contributed by atoms with Crippen LogP contribution in [0.5, 0.6) is 0 Å². The largest absolute Gasteiger partial charge is 0.387 e. The molecule has 1 fully saturated rings. The van der Waals surface area contributed by atoms with E-state index in [0.717, 1.165) is 25.9 Å². The molecule has 1 N–H and O–H groups in total. The second-order valence-electron chi connectivity index (χ2n) is 3.87. The van der Waals surface area contributed by atoms with Gasteiger partial charge in [0.15, 0.2) is 0 Å². The van der Waals surface area contributed by atoms with Gasteiger partial charge in [-0.2, -0.15) is 0 Å². The third kappa shape index (κ3) is 2.68. The molecule has 2 amide bonds. The number of nitrogens with zero attached hydrogens (tertiary/aromatic N) is 2. The first kappa shape index (κ1) is 12.0. The highest BCUT2D eigenvalue weighted by atomic mass is 16.3. The summed E-state index contributed by atoms with van der Waals surface area (Å²) in [4.78, 5) is 26.1. The number of aliphatic hydroxyl groups is 1. The summed E-state index contributed by atoms with van der Waals surface area (Å²) in [6.45, 7) is 2.71. The molecule has 5 nitrogen and oxygen atoms in total. The maximum Gasteiger partial charge on any atom is 0.248 e. The molecule has 1 atom stereocenters. The maximum absolute atomic E-state index is 11.9. The van der Waals surface area contributed by atoms with Crippen LogP contribution in [0.4, 0.5) is 0 Å². The number of carbonyl (C=O) groups is 2. The highest BCUT2D eigenvalue weighted by Gasteiger charge is 2.27. The number of amides is 2. The molecule has 1 aliphatic heterocycles. The summed E-state index contributed by atoms with van der Waals surface area (Å²) in [5, 5.41) is 8.69. The smallest absolute Gasteiger partial charge is 0.248 e. The van der Waals surface area contributed by atoms with Crippen molar-refractivity contribution in [3.8, 4) is 0 Å². The fraction of sp³-hybridized carbons (Fsp3) is 0.800. The predicted molar refractivity (Wildman–Crippen MR) is 55.1 cm³/mol. The maximum atomic E-state index is 11.9. The van der Waals surface area contributed by atoms with Crippen molar-refractivity contribution in [2.45, 2.75) is 25.8 Å². The van der Waals surface area contributed by atoms with Gasteiger partial charge >= 0.3 is 0 Å². The number of hydrogen-bond donors (Lipinski definition) is 1. The van der Waals surface area contributed by atoms with Crippen LogP contribution in [0.2, 0.25) is 0 Å². The van der Waals surface area contributed by atoms with Gasteiger partial charge in [-0.15, -0.1) is 0 Å². The highest BCUT2D eigenvalue weighted by molar-refractivity contribution is 5.87. The monoisotopic (exact) mass is 214 g/mol. The van der Waals surface area contributed by atoms with E-state index >= 15 is 0 Å². The Morgan fingerprint density at radius 2 is 1.93 bits per heavy atom. The van der Waals surface area contributed by atoms with Crippen LogP contribution in [0.15, 0.2) is 0 Å². The summed E-state index contributed by atoms with van der Waals surface area (Å²) in [6, 6.07) is -0.484. The number of likely N-dealkylation sites (N-methyl/N-ethyl adjacent to an activating group) is 1. The lowest BCUT2D eigenvalue weighted by Crippen LogP contribution is -2.47. The van der Waals surface area contributed by atoms with Crippen LogP contribution in [-0.2, 0) is 9.59 Å². The van der Waals surface area contributed by atoms with Crippen molar-refractivity contribution in [3.63, 3.8) is 0 Å². The van der Waals surface area contributed by atoms with Crippen LogP contribution < -0.4 is 0 Å². The van der Waals surface area contributed by atoms with Gasteiger partial charge in [0, 0.05) is 20.1 Å². The Balaban J connectivity index is 2.54. The van der Waals surface area contributed by atoms with Crippen molar-refractivity contribution in [3.05, 3.63) is 0 Å². The van der Waals surface area contributed by atoms with Crippen LogP contribution in [0.3, 0.4) is 0 Å². The Morgan fingerprint density at radius 3 is 2.40 bits per heavy atom. The van der Waals surface area contributed by atoms with E-state index in [2.05, 4.69) is 0 Å². The Bertz CT molecular complexity index is 249. The molecule has 1 rings (SSSR count). The van der Waals surface area contributed by atoms with Crippen molar-refractivity contribution >= 4 is 11.8 Å². The lowest BCUT2D eigenvalue weighted by molar-refractivity contribution is -0.144.